The van der Waals surface area contributed by atoms with Crippen LogP contribution in [-0.4, -0.2) is 60.4 Å². The van der Waals surface area contributed by atoms with Crippen LogP contribution in [0.15, 0.2) is 30.3 Å². The Balaban J connectivity index is 1.21. The second-order valence-electron chi connectivity index (χ2n) is 8.50. The molecule has 2 unspecified atom stereocenters. The van der Waals surface area contributed by atoms with E-state index in [1.165, 1.54) is 12.0 Å². The molecule has 0 spiro atoms. The first-order valence-corrected chi connectivity index (χ1v) is 10.5. The van der Waals surface area contributed by atoms with Crippen molar-refractivity contribution < 1.29 is 9.59 Å². The van der Waals surface area contributed by atoms with E-state index >= 15 is 0 Å². The highest BCUT2D eigenvalue weighted by molar-refractivity contribution is 5.78. The highest BCUT2D eigenvalue weighted by Crippen LogP contribution is 2.37. The second kappa shape index (κ2) is 8.42. The Bertz CT molecular complexity index is 663. The average molecular weight is 370 g/mol. The number of fused-ring (bicyclic) bond motifs is 4. The molecule has 27 heavy (non-hydrogen) atoms. The molecule has 1 aromatic rings. The van der Waals surface area contributed by atoms with Crippen molar-refractivity contribution in [2.75, 3.05) is 32.7 Å². The fourth-order valence-electron chi connectivity index (χ4n) is 5.27. The van der Waals surface area contributed by atoms with Crippen LogP contribution in [0.1, 0.15) is 37.7 Å². The molecule has 1 aromatic carbocycles. The quantitative estimate of drug-likeness (QED) is 0.781. The number of likely N-dealkylation sites (tertiary alicyclic amines) is 1. The van der Waals surface area contributed by atoms with Gasteiger partial charge in [-0.25, -0.2) is 0 Å². The van der Waals surface area contributed by atoms with Crippen molar-refractivity contribution in [1.82, 2.24) is 15.1 Å². The van der Waals surface area contributed by atoms with Crippen molar-refractivity contribution in [2.45, 2.75) is 44.6 Å². The summed E-state index contributed by atoms with van der Waals surface area (Å²) < 4.78 is 0. The normalized spacial score (nSPS) is 27.9. The summed E-state index contributed by atoms with van der Waals surface area (Å²) in [5.41, 5.74) is 1.32. The van der Waals surface area contributed by atoms with Gasteiger partial charge in [-0.15, -0.1) is 0 Å². The van der Waals surface area contributed by atoms with Crippen molar-refractivity contribution >= 4 is 11.8 Å². The molecule has 0 saturated carbocycles. The van der Waals surface area contributed by atoms with Gasteiger partial charge in [0.05, 0.1) is 6.54 Å². The molecular formula is C22H31N3O2. The Hall–Kier alpha value is -1.88. The van der Waals surface area contributed by atoms with Gasteiger partial charge in [0.1, 0.15) is 0 Å². The first-order chi connectivity index (χ1) is 13.2. The topological polar surface area (TPSA) is 52.7 Å². The van der Waals surface area contributed by atoms with E-state index in [-0.39, 0.29) is 5.91 Å². The lowest BCUT2D eigenvalue weighted by atomic mass is 9.76. The molecule has 0 aliphatic carbocycles. The number of rotatable bonds is 6. The smallest absolute Gasteiger partial charge is 0.234 e. The van der Waals surface area contributed by atoms with Crippen LogP contribution < -0.4 is 5.32 Å². The van der Waals surface area contributed by atoms with Crippen molar-refractivity contribution in [1.29, 1.82) is 0 Å². The van der Waals surface area contributed by atoms with Crippen molar-refractivity contribution in [3.8, 4) is 0 Å². The molecule has 3 atom stereocenters. The number of nitrogens with zero attached hydrogens (tertiary/aromatic N) is 2. The summed E-state index contributed by atoms with van der Waals surface area (Å²) in [6, 6.07) is 10.8. The van der Waals surface area contributed by atoms with Gasteiger partial charge in [-0.1, -0.05) is 30.3 Å². The van der Waals surface area contributed by atoms with Crippen molar-refractivity contribution in [3.63, 3.8) is 0 Å². The summed E-state index contributed by atoms with van der Waals surface area (Å²) in [4.78, 5) is 29.1. The van der Waals surface area contributed by atoms with Crippen LogP contribution in [0.5, 0.6) is 0 Å². The Labute approximate surface area is 162 Å². The first kappa shape index (κ1) is 18.5. The van der Waals surface area contributed by atoms with Crippen LogP contribution in [0.25, 0.3) is 0 Å². The van der Waals surface area contributed by atoms with Crippen LogP contribution in [0.3, 0.4) is 0 Å². The number of benzene rings is 1. The fraction of sp³-hybridized carbons (Fsp3) is 0.636. The van der Waals surface area contributed by atoms with E-state index in [9.17, 15) is 9.59 Å². The number of amides is 2. The van der Waals surface area contributed by atoms with Crippen molar-refractivity contribution in [3.05, 3.63) is 35.9 Å². The lowest BCUT2D eigenvalue weighted by molar-refractivity contribution is -0.145. The van der Waals surface area contributed by atoms with Crippen LogP contribution in [0.4, 0.5) is 0 Å². The molecular weight excluding hydrogens is 338 g/mol. The Morgan fingerprint density at radius 2 is 2.00 bits per heavy atom. The van der Waals surface area contributed by atoms with Gasteiger partial charge in [0.2, 0.25) is 11.8 Å². The van der Waals surface area contributed by atoms with E-state index in [1.54, 1.807) is 0 Å². The van der Waals surface area contributed by atoms with Crippen LogP contribution in [0.2, 0.25) is 0 Å². The number of aryl methyl sites for hydroxylation is 1. The van der Waals surface area contributed by atoms with Crippen LogP contribution >= 0.6 is 0 Å². The van der Waals surface area contributed by atoms with E-state index < -0.39 is 0 Å². The summed E-state index contributed by atoms with van der Waals surface area (Å²) in [5, 5.41) is 3.08. The lowest BCUT2D eigenvalue weighted by Crippen LogP contribution is -2.61. The minimum Gasteiger partial charge on any atom is -0.355 e. The largest absolute Gasteiger partial charge is 0.355 e. The summed E-state index contributed by atoms with van der Waals surface area (Å²) >= 11 is 0. The third-order valence-corrected chi connectivity index (χ3v) is 6.43. The maximum absolute atomic E-state index is 12.4. The SMILES string of the molecule is O=C(CN1CC2CC(C1)[C@H]1CCCC(=O)N1C2)NCCCc1ccccc1. The van der Waals surface area contributed by atoms with Crippen LogP contribution in [-0.2, 0) is 16.0 Å². The van der Waals surface area contributed by atoms with Gasteiger partial charge < -0.3 is 10.2 Å². The third kappa shape index (κ3) is 4.52. The zero-order valence-electron chi connectivity index (χ0n) is 16.1. The van der Waals surface area contributed by atoms with Gasteiger partial charge in [0, 0.05) is 38.6 Å². The van der Waals surface area contributed by atoms with E-state index in [0.29, 0.717) is 30.3 Å². The summed E-state index contributed by atoms with van der Waals surface area (Å²) in [6.45, 7) is 4.04. The second-order valence-corrected chi connectivity index (χ2v) is 8.50. The zero-order chi connectivity index (χ0) is 18.6. The molecule has 0 aromatic heterocycles. The summed E-state index contributed by atoms with van der Waals surface area (Å²) in [5.74, 6) is 1.57. The van der Waals surface area contributed by atoms with Gasteiger partial charge in [0.15, 0.2) is 0 Å². The Morgan fingerprint density at radius 1 is 1.15 bits per heavy atom. The predicted octanol–water partition coefficient (Wildman–Crippen LogP) is 2.07. The number of hydrogen-bond acceptors (Lipinski definition) is 3. The molecule has 3 saturated heterocycles. The highest BCUT2D eigenvalue weighted by atomic mass is 16.2. The Kier molecular flexibility index (Phi) is 5.77. The highest BCUT2D eigenvalue weighted by Gasteiger charge is 2.43. The lowest BCUT2D eigenvalue weighted by Gasteiger charge is -2.52. The average Bonchev–Trinajstić information content (AvgIpc) is 2.67. The third-order valence-electron chi connectivity index (χ3n) is 6.43. The van der Waals surface area contributed by atoms with E-state index in [4.69, 9.17) is 0 Å². The number of hydrogen-bond donors (Lipinski definition) is 1. The maximum atomic E-state index is 12.4. The van der Waals surface area contributed by atoms with Crippen molar-refractivity contribution in [2.24, 2.45) is 11.8 Å². The van der Waals surface area contributed by atoms with Gasteiger partial charge in [-0.2, -0.15) is 0 Å². The standard InChI is InChI=1S/C22H31N3O2/c26-21(23-11-5-8-17-6-2-1-3-7-17)16-24-13-18-12-19(15-24)20-9-4-10-22(27)25(20)14-18/h1-3,6-7,18-20H,4-5,8-16H2,(H,23,26)/t18?,19?,20-/m1/s1. The molecule has 146 valence electrons. The fourth-order valence-corrected chi connectivity index (χ4v) is 5.27. The number of nitrogens with one attached hydrogen (secondary N) is 1. The van der Waals surface area contributed by atoms with Gasteiger partial charge in [0.25, 0.3) is 0 Å². The molecule has 1 N–H and O–H groups in total. The molecule has 2 bridgehead atoms. The monoisotopic (exact) mass is 369 g/mol. The molecule has 3 heterocycles. The van der Waals surface area contributed by atoms with Gasteiger partial charge in [-0.05, 0) is 49.5 Å². The molecule has 5 nitrogen and oxygen atoms in total. The summed E-state index contributed by atoms with van der Waals surface area (Å²) in [6.07, 6.45) is 6.10. The Morgan fingerprint density at radius 3 is 2.85 bits per heavy atom. The van der Waals surface area contributed by atoms with Gasteiger partial charge >= 0.3 is 0 Å². The number of carbonyl (C=O) groups excluding carboxylic acids is 2. The molecule has 3 aliphatic heterocycles. The van der Waals surface area contributed by atoms with E-state index in [0.717, 1.165) is 58.3 Å². The van der Waals surface area contributed by atoms with E-state index in [2.05, 4.69) is 39.4 Å². The molecule has 0 radical (unpaired) electrons. The number of carbonyl (C=O) groups is 2. The first-order valence-electron chi connectivity index (χ1n) is 10.5. The molecule has 3 aliphatic rings. The van der Waals surface area contributed by atoms with Gasteiger partial charge in [-0.3, -0.25) is 14.5 Å². The molecule has 2 amide bonds. The predicted molar refractivity (Wildman–Crippen MR) is 105 cm³/mol. The summed E-state index contributed by atoms with van der Waals surface area (Å²) in [7, 11) is 0. The minimum atomic E-state index is 0.139. The number of piperidine rings is 3. The zero-order valence-corrected chi connectivity index (χ0v) is 16.1. The molecule has 5 heteroatoms. The van der Waals surface area contributed by atoms with Crippen LogP contribution in [0, 0.1) is 11.8 Å². The van der Waals surface area contributed by atoms with E-state index in [1.807, 2.05) is 6.07 Å². The molecule has 3 fully saturated rings. The maximum Gasteiger partial charge on any atom is 0.234 e. The molecule has 4 rings (SSSR count). The minimum absolute atomic E-state index is 0.139.